The molecule has 8 heteroatoms. The minimum Gasteiger partial charge on any atom is -0.291 e. The molecule has 0 saturated heterocycles. The average molecular weight is 393 g/mol. The molecule has 2 rings (SSSR count). The minimum absolute atomic E-state index is 0.250. The van der Waals surface area contributed by atoms with Crippen LogP contribution < -0.4 is 0 Å². The van der Waals surface area contributed by atoms with E-state index in [4.69, 9.17) is 10.7 Å². The Bertz CT molecular complexity index is 794. The standard InChI is InChI=1S/C13H15BrClN3O2S/c1-8-5-6-10(14)9(7-8)11-16-17-12(21(15,19)20)18(11)13(2,3)4/h5-7H,1-4H3. The van der Waals surface area contributed by atoms with Crippen LogP contribution in [0.4, 0.5) is 0 Å². The molecule has 114 valence electrons. The molecule has 21 heavy (non-hydrogen) atoms. The van der Waals surface area contributed by atoms with E-state index in [0.29, 0.717) is 5.82 Å². The van der Waals surface area contributed by atoms with Gasteiger partial charge in [-0.25, -0.2) is 8.42 Å². The van der Waals surface area contributed by atoms with Crippen LogP contribution >= 0.6 is 26.6 Å². The maximum atomic E-state index is 11.7. The summed E-state index contributed by atoms with van der Waals surface area (Å²) in [4.78, 5) is 0. The van der Waals surface area contributed by atoms with Crippen LogP contribution in [0.2, 0.25) is 0 Å². The van der Waals surface area contributed by atoms with Gasteiger partial charge in [-0.15, -0.1) is 10.2 Å². The predicted molar refractivity (Wildman–Crippen MR) is 85.9 cm³/mol. The summed E-state index contributed by atoms with van der Waals surface area (Å²) in [5.41, 5.74) is 1.26. The van der Waals surface area contributed by atoms with Gasteiger partial charge in [-0.2, -0.15) is 0 Å². The minimum atomic E-state index is -3.98. The molecule has 5 nitrogen and oxygen atoms in total. The molecule has 1 aromatic heterocycles. The molecule has 0 N–H and O–H groups in total. The molecule has 1 heterocycles. The highest BCUT2D eigenvalue weighted by atomic mass is 79.9. The van der Waals surface area contributed by atoms with E-state index < -0.39 is 14.6 Å². The Morgan fingerprint density at radius 1 is 1.24 bits per heavy atom. The molecule has 1 aromatic carbocycles. The number of rotatable bonds is 2. The third-order valence-electron chi connectivity index (χ3n) is 2.89. The molecule has 0 radical (unpaired) electrons. The molecule has 0 aliphatic rings. The van der Waals surface area contributed by atoms with Gasteiger partial charge in [0.05, 0.1) is 0 Å². The zero-order valence-electron chi connectivity index (χ0n) is 12.1. The molecule has 0 aliphatic carbocycles. The van der Waals surface area contributed by atoms with E-state index in [9.17, 15) is 8.42 Å². The first-order valence-corrected chi connectivity index (χ1v) is 9.29. The monoisotopic (exact) mass is 391 g/mol. The highest BCUT2D eigenvalue weighted by molar-refractivity contribution is 9.10. The smallest absolute Gasteiger partial charge is 0.291 e. The number of hydrogen-bond acceptors (Lipinski definition) is 4. The van der Waals surface area contributed by atoms with E-state index in [1.54, 1.807) is 0 Å². The largest absolute Gasteiger partial charge is 0.296 e. The van der Waals surface area contributed by atoms with Crippen LogP contribution in [-0.4, -0.2) is 23.2 Å². The number of benzene rings is 1. The third kappa shape index (κ3) is 3.30. The number of hydrogen-bond donors (Lipinski definition) is 0. The molecule has 2 aromatic rings. The summed E-state index contributed by atoms with van der Waals surface area (Å²) in [7, 11) is 1.50. The first kappa shape index (κ1) is 16.5. The highest BCUT2D eigenvalue weighted by Gasteiger charge is 2.30. The van der Waals surface area contributed by atoms with Crippen molar-refractivity contribution in [1.82, 2.24) is 14.8 Å². The van der Waals surface area contributed by atoms with E-state index >= 15 is 0 Å². The maximum Gasteiger partial charge on any atom is 0.296 e. The Balaban J connectivity index is 2.83. The Kier molecular flexibility index (Phi) is 4.21. The number of aromatic nitrogens is 3. The van der Waals surface area contributed by atoms with Crippen LogP contribution in [-0.2, 0) is 14.6 Å². The second-order valence-corrected chi connectivity index (χ2v) is 9.05. The van der Waals surface area contributed by atoms with Crippen LogP contribution in [0.1, 0.15) is 26.3 Å². The van der Waals surface area contributed by atoms with E-state index in [1.807, 2.05) is 45.9 Å². The lowest BCUT2D eigenvalue weighted by molar-refractivity contribution is 0.367. The molecule has 0 saturated carbocycles. The van der Waals surface area contributed by atoms with Crippen molar-refractivity contribution < 1.29 is 8.42 Å². The van der Waals surface area contributed by atoms with Crippen molar-refractivity contribution in [3.05, 3.63) is 28.2 Å². The molecular formula is C13H15BrClN3O2S. The zero-order chi connectivity index (χ0) is 16.0. The second kappa shape index (κ2) is 5.37. The Morgan fingerprint density at radius 3 is 2.38 bits per heavy atom. The van der Waals surface area contributed by atoms with E-state index in [-0.39, 0.29) is 5.16 Å². The second-order valence-electron chi connectivity index (χ2n) is 5.73. The van der Waals surface area contributed by atoms with Crippen molar-refractivity contribution in [2.75, 3.05) is 0 Å². The summed E-state index contributed by atoms with van der Waals surface area (Å²) >= 11 is 3.46. The number of nitrogens with zero attached hydrogens (tertiary/aromatic N) is 3. The van der Waals surface area contributed by atoms with E-state index in [1.165, 1.54) is 4.57 Å². The summed E-state index contributed by atoms with van der Waals surface area (Å²) in [6.07, 6.45) is 0. The van der Waals surface area contributed by atoms with Gasteiger partial charge in [-0.1, -0.05) is 27.6 Å². The molecule has 0 aliphatic heterocycles. The molecule has 0 bridgehead atoms. The van der Waals surface area contributed by atoms with Crippen molar-refractivity contribution in [3.63, 3.8) is 0 Å². The van der Waals surface area contributed by atoms with Crippen LogP contribution in [0.5, 0.6) is 0 Å². The fourth-order valence-electron chi connectivity index (χ4n) is 2.02. The van der Waals surface area contributed by atoms with Crippen molar-refractivity contribution in [3.8, 4) is 11.4 Å². The lowest BCUT2D eigenvalue weighted by atomic mass is 10.1. The molecule has 0 atom stereocenters. The van der Waals surface area contributed by atoms with Crippen LogP contribution in [0, 0.1) is 6.92 Å². The normalized spacial score (nSPS) is 12.7. The lowest BCUT2D eigenvalue weighted by Crippen LogP contribution is -2.26. The quantitative estimate of drug-likeness (QED) is 0.731. The third-order valence-corrected chi connectivity index (χ3v) is 4.69. The van der Waals surface area contributed by atoms with Crippen LogP contribution in [0.3, 0.4) is 0 Å². The van der Waals surface area contributed by atoms with Gasteiger partial charge in [0.15, 0.2) is 5.82 Å². The SMILES string of the molecule is Cc1ccc(Br)c(-c2nnc(S(=O)(=O)Cl)n2C(C)(C)C)c1. The maximum absolute atomic E-state index is 11.7. The van der Waals surface area contributed by atoms with Gasteiger partial charge in [0.1, 0.15) is 0 Å². The molecule has 0 fully saturated rings. The molecule has 0 unspecified atom stereocenters. The summed E-state index contributed by atoms with van der Waals surface area (Å²) in [6.45, 7) is 7.56. The predicted octanol–water partition coefficient (Wildman–Crippen LogP) is 3.70. The van der Waals surface area contributed by atoms with Gasteiger partial charge < -0.3 is 0 Å². The van der Waals surface area contributed by atoms with Gasteiger partial charge in [0.2, 0.25) is 0 Å². The number of aryl methyl sites for hydroxylation is 1. The summed E-state index contributed by atoms with van der Waals surface area (Å²) in [5.74, 6) is 0.456. The molecular weight excluding hydrogens is 378 g/mol. The van der Waals surface area contributed by atoms with E-state index in [0.717, 1.165) is 15.6 Å². The Labute approximate surface area is 136 Å². The molecule has 0 amide bonds. The van der Waals surface area contributed by atoms with E-state index in [2.05, 4.69) is 26.1 Å². The van der Waals surface area contributed by atoms with Gasteiger partial charge in [-0.05, 0) is 39.8 Å². The Hall–Kier alpha value is -0.920. The van der Waals surface area contributed by atoms with Crippen molar-refractivity contribution in [2.24, 2.45) is 0 Å². The van der Waals surface area contributed by atoms with Gasteiger partial charge >= 0.3 is 0 Å². The highest BCUT2D eigenvalue weighted by Crippen LogP contribution is 2.33. The fourth-order valence-corrected chi connectivity index (χ4v) is 3.46. The lowest BCUT2D eigenvalue weighted by Gasteiger charge is -2.24. The van der Waals surface area contributed by atoms with Crippen molar-refractivity contribution >= 4 is 35.7 Å². The van der Waals surface area contributed by atoms with Crippen molar-refractivity contribution in [2.45, 2.75) is 38.4 Å². The molecule has 0 spiro atoms. The van der Waals surface area contributed by atoms with Crippen molar-refractivity contribution in [1.29, 1.82) is 0 Å². The first-order chi connectivity index (χ1) is 9.51. The van der Waals surface area contributed by atoms with Gasteiger partial charge in [-0.3, -0.25) is 4.57 Å². The topological polar surface area (TPSA) is 64.8 Å². The van der Waals surface area contributed by atoms with Crippen LogP contribution in [0.25, 0.3) is 11.4 Å². The summed E-state index contributed by atoms with van der Waals surface area (Å²) in [6, 6.07) is 5.76. The Morgan fingerprint density at radius 2 is 1.86 bits per heavy atom. The fraction of sp³-hybridized carbons (Fsp3) is 0.385. The van der Waals surface area contributed by atoms with Gasteiger partial charge in [0.25, 0.3) is 14.2 Å². The van der Waals surface area contributed by atoms with Gasteiger partial charge in [0, 0.05) is 26.3 Å². The first-order valence-electron chi connectivity index (χ1n) is 6.19. The van der Waals surface area contributed by atoms with Crippen LogP contribution in [0.15, 0.2) is 27.8 Å². The zero-order valence-corrected chi connectivity index (χ0v) is 15.2. The number of halogens is 2. The summed E-state index contributed by atoms with van der Waals surface area (Å²) in [5, 5.41) is 7.56. The summed E-state index contributed by atoms with van der Waals surface area (Å²) < 4.78 is 25.8. The average Bonchev–Trinajstić information content (AvgIpc) is 2.76.